The number of carbonyl (C=O) groups is 3. The maximum Gasteiger partial charge on any atom is 0.417 e. The van der Waals surface area contributed by atoms with E-state index in [-0.39, 0.29) is 63.6 Å². The van der Waals surface area contributed by atoms with E-state index in [2.05, 4.69) is 0 Å². The Kier molecular flexibility index (Phi) is 14.6. The van der Waals surface area contributed by atoms with Crippen LogP contribution in [-0.4, -0.2) is 97.7 Å². The van der Waals surface area contributed by atoms with Crippen LogP contribution in [0, 0.1) is 20.8 Å². The van der Waals surface area contributed by atoms with Crippen molar-refractivity contribution in [2.24, 2.45) is 0 Å². The van der Waals surface area contributed by atoms with Crippen molar-refractivity contribution in [3.63, 3.8) is 0 Å². The van der Waals surface area contributed by atoms with Crippen molar-refractivity contribution in [2.75, 3.05) is 49.5 Å². The van der Waals surface area contributed by atoms with E-state index in [1.165, 1.54) is 71.8 Å². The van der Waals surface area contributed by atoms with Gasteiger partial charge in [0.15, 0.2) is 29.8 Å². The molecule has 5 rings (SSSR count). The van der Waals surface area contributed by atoms with E-state index >= 15 is 9.59 Å². The third-order valence-corrected chi connectivity index (χ3v) is 12.0. The Bertz CT molecular complexity index is 2410. The Hall–Kier alpha value is -6.26. The molecule has 4 aromatic rings. The summed E-state index contributed by atoms with van der Waals surface area (Å²) in [6.45, 7) is 8.00. The monoisotopic (exact) mass is 860 g/mol. The highest BCUT2D eigenvalue weighted by Gasteiger charge is 2.48. The molecule has 0 aliphatic carbocycles. The topological polar surface area (TPSA) is 166 Å². The molecular weight excluding hydrogens is 809 g/mol. The minimum atomic E-state index is -4.33. The average Bonchev–Trinajstić information content (AvgIpc) is 3.23. The summed E-state index contributed by atoms with van der Waals surface area (Å²) in [4.78, 5) is 46.4. The number of rotatable bonds is 16. The lowest BCUT2D eigenvalue weighted by atomic mass is 9.96. The molecule has 0 bridgehead atoms. The Morgan fingerprint density at radius 1 is 0.770 bits per heavy atom. The molecule has 0 saturated carbocycles. The molecule has 1 unspecified atom stereocenters. The molecule has 16 heteroatoms. The second kappa shape index (κ2) is 19.4. The maximum atomic E-state index is 15.3. The van der Waals surface area contributed by atoms with E-state index < -0.39 is 39.9 Å². The quantitative estimate of drug-likeness (QED) is 0.0850. The largest absolute Gasteiger partial charge is 0.497 e. The van der Waals surface area contributed by atoms with Crippen LogP contribution in [0.2, 0.25) is 0 Å². The summed E-state index contributed by atoms with van der Waals surface area (Å²) in [6.07, 6.45) is -0.767. The first-order chi connectivity index (χ1) is 29.1. The van der Waals surface area contributed by atoms with Gasteiger partial charge in [-0.1, -0.05) is 29.8 Å². The summed E-state index contributed by atoms with van der Waals surface area (Å²) >= 11 is 0. The minimum absolute atomic E-state index is 0.00648. The lowest BCUT2D eigenvalue weighted by Gasteiger charge is -2.40. The van der Waals surface area contributed by atoms with Crippen LogP contribution in [0.15, 0.2) is 76.2 Å². The van der Waals surface area contributed by atoms with Gasteiger partial charge in [-0.15, -0.1) is 0 Å². The van der Waals surface area contributed by atoms with Gasteiger partial charge in [0, 0.05) is 30.2 Å². The van der Waals surface area contributed by atoms with Gasteiger partial charge in [0.05, 0.1) is 58.0 Å². The Morgan fingerprint density at radius 2 is 1.38 bits per heavy atom. The number of methoxy groups -OCH3 is 6. The molecular formula is C45H52N2O13S. The Morgan fingerprint density at radius 3 is 1.93 bits per heavy atom. The average molecular weight is 861 g/mol. The number of piperazine rings is 1. The molecule has 0 spiro atoms. The Labute approximate surface area is 356 Å². The number of amides is 3. The zero-order valence-corrected chi connectivity index (χ0v) is 37.1. The van der Waals surface area contributed by atoms with E-state index in [4.69, 9.17) is 37.9 Å². The van der Waals surface area contributed by atoms with E-state index in [9.17, 15) is 13.2 Å². The summed E-state index contributed by atoms with van der Waals surface area (Å²) in [6, 6.07) is 14.7. The van der Waals surface area contributed by atoms with Crippen LogP contribution in [0.25, 0.3) is 6.08 Å². The number of sulfone groups is 1. The number of nitrogens with zero attached hydrogens (tertiary/aromatic N) is 2. The maximum absolute atomic E-state index is 15.3. The van der Waals surface area contributed by atoms with Crippen LogP contribution in [0.3, 0.4) is 0 Å². The molecule has 61 heavy (non-hydrogen) atoms. The molecule has 1 aliphatic rings. The fourth-order valence-electron chi connectivity index (χ4n) is 7.18. The predicted octanol–water partition coefficient (Wildman–Crippen LogP) is 6.84. The van der Waals surface area contributed by atoms with E-state index in [0.717, 1.165) is 10.5 Å². The standard InChI is InChI=1S/C45H52N2O13S/c1-26(2)60-45(50)47-36(20-31-22-37(55-8)40(57-10)28(4)39(31)59-25-53-6)43(48)46(24-30-14-16-33(54-7)17-15-30)35(44(47)49)21-32-23-38(56-9)41(58-11)29(5)42(32)61(51,52)34-18-12-27(3)13-19-34/h12-19,21-23,26,36H,20,24-25H2,1-11H3/b35-21-. The first kappa shape index (κ1) is 45.8. The molecule has 1 atom stereocenters. The molecule has 1 heterocycles. The molecule has 1 aliphatic heterocycles. The lowest BCUT2D eigenvalue weighted by molar-refractivity contribution is -0.149. The smallest absolute Gasteiger partial charge is 0.417 e. The number of carbonyl (C=O) groups excluding carboxylic acids is 3. The number of imide groups is 1. The van der Waals surface area contributed by atoms with E-state index in [1.807, 2.05) is 6.92 Å². The van der Waals surface area contributed by atoms with Gasteiger partial charge in [-0.2, -0.15) is 0 Å². The van der Waals surface area contributed by atoms with E-state index in [0.29, 0.717) is 33.9 Å². The van der Waals surface area contributed by atoms with Crippen molar-refractivity contribution >= 4 is 33.8 Å². The van der Waals surface area contributed by atoms with Gasteiger partial charge in [0.2, 0.25) is 9.84 Å². The third kappa shape index (κ3) is 9.40. The second-order valence-corrected chi connectivity index (χ2v) is 16.3. The lowest BCUT2D eigenvalue weighted by Crippen LogP contribution is -2.61. The van der Waals surface area contributed by atoms with Crippen molar-refractivity contribution < 1.29 is 60.7 Å². The number of aryl methyl sites for hydroxylation is 1. The molecule has 4 aromatic carbocycles. The number of hydrogen-bond acceptors (Lipinski definition) is 13. The van der Waals surface area contributed by atoms with Crippen molar-refractivity contribution in [3.05, 3.63) is 99.7 Å². The highest BCUT2D eigenvalue weighted by Crippen LogP contribution is 2.43. The molecule has 326 valence electrons. The van der Waals surface area contributed by atoms with Crippen LogP contribution in [0.1, 0.15) is 47.2 Å². The SMILES string of the molecule is COCOc1c(CC2C(=O)N(Cc3ccc(OC)cc3)/C(=C\c3cc(OC)c(OC)c(C)c3S(=O)(=O)c3ccc(C)cc3)C(=O)N2C(=O)OC(C)C)cc(OC)c(OC)c1C. The van der Waals surface area contributed by atoms with Crippen LogP contribution < -0.4 is 28.4 Å². The summed E-state index contributed by atoms with van der Waals surface area (Å²) in [7, 11) is 4.34. The third-order valence-electron chi connectivity index (χ3n) is 10.1. The normalized spacial score (nSPS) is 15.0. The van der Waals surface area contributed by atoms with Gasteiger partial charge < -0.3 is 42.8 Å². The van der Waals surface area contributed by atoms with Gasteiger partial charge in [0.25, 0.3) is 11.8 Å². The highest BCUT2D eigenvalue weighted by atomic mass is 32.2. The highest BCUT2D eigenvalue weighted by molar-refractivity contribution is 7.91. The second-order valence-electron chi connectivity index (χ2n) is 14.4. The van der Waals surface area contributed by atoms with E-state index in [1.54, 1.807) is 70.2 Å². The summed E-state index contributed by atoms with van der Waals surface area (Å²) < 4.78 is 74.0. The molecule has 1 saturated heterocycles. The number of benzene rings is 4. The first-order valence-corrected chi connectivity index (χ1v) is 20.7. The molecule has 15 nitrogen and oxygen atoms in total. The molecule has 0 N–H and O–H groups in total. The zero-order valence-electron chi connectivity index (χ0n) is 36.2. The van der Waals surface area contributed by atoms with Gasteiger partial charge in [0.1, 0.15) is 23.2 Å². The first-order valence-electron chi connectivity index (χ1n) is 19.2. The summed E-state index contributed by atoms with van der Waals surface area (Å²) in [5.41, 5.74) is 2.20. The predicted molar refractivity (Wildman–Crippen MR) is 225 cm³/mol. The fourth-order valence-corrected chi connectivity index (χ4v) is 8.84. The van der Waals surface area contributed by atoms with Gasteiger partial charge in [-0.3, -0.25) is 9.59 Å². The van der Waals surface area contributed by atoms with Crippen molar-refractivity contribution in [1.29, 1.82) is 0 Å². The summed E-state index contributed by atoms with van der Waals surface area (Å²) in [5, 5.41) is 0. The van der Waals surface area contributed by atoms with Crippen molar-refractivity contribution in [1.82, 2.24) is 9.80 Å². The van der Waals surface area contributed by atoms with Gasteiger partial charge in [-0.25, -0.2) is 18.1 Å². The van der Waals surface area contributed by atoms with Crippen molar-refractivity contribution in [3.8, 4) is 34.5 Å². The van der Waals surface area contributed by atoms with Crippen LogP contribution in [0.5, 0.6) is 34.5 Å². The van der Waals surface area contributed by atoms with Crippen LogP contribution in [-0.2, 0) is 41.9 Å². The Balaban J connectivity index is 1.82. The molecule has 0 radical (unpaired) electrons. The number of ether oxygens (including phenoxy) is 8. The van der Waals surface area contributed by atoms with Gasteiger partial charge >= 0.3 is 6.09 Å². The van der Waals surface area contributed by atoms with Crippen molar-refractivity contribution in [2.45, 2.75) is 69.5 Å². The van der Waals surface area contributed by atoms with Crippen LogP contribution >= 0.6 is 0 Å². The zero-order chi connectivity index (χ0) is 44.8. The molecule has 3 amide bonds. The van der Waals surface area contributed by atoms with Crippen LogP contribution in [0.4, 0.5) is 4.79 Å². The fraction of sp³-hybridized carbons (Fsp3) is 0.356. The number of hydrogen-bond donors (Lipinski definition) is 0. The molecule has 0 aromatic heterocycles. The minimum Gasteiger partial charge on any atom is -0.497 e. The summed E-state index contributed by atoms with van der Waals surface area (Å²) in [5.74, 6) is 0.202. The van der Waals surface area contributed by atoms with Gasteiger partial charge in [-0.05, 0) is 88.2 Å². The molecule has 1 fully saturated rings.